The van der Waals surface area contributed by atoms with Gasteiger partial charge in [-0.3, -0.25) is 0 Å². The van der Waals surface area contributed by atoms with Gasteiger partial charge in [-0.1, -0.05) is 39.7 Å². The molecule has 0 aliphatic heterocycles. The highest BCUT2D eigenvalue weighted by atomic mass is 35.5. The van der Waals surface area contributed by atoms with Gasteiger partial charge < -0.3 is 5.21 Å². The maximum absolute atomic E-state index is 11.8. The summed E-state index contributed by atoms with van der Waals surface area (Å²) in [6.45, 7) is 5.40. The van der Waals surface area contributed by atoms with Crippen LogP contribution in [0.4, 0.5) is 5.69 Å². The van der Waals surface area contributed by atoms with Crippen LogP contribution in [-0.4, -0.2) is 10.4 Å². The maximum atomic E-state index is 11.8. The van der Waals surface area contributed by atoms with Crippen LogP contribution in [0.2, 0.25) is 15.1 Å². The standard InChI is InChI=1S/C10H11Cl3N2O/c1-10(2,3)14-15(16)9-7(12)4-6(11)5-8(9)13/h4-5H,1-3H3. The molecule has 0 saturated heterocycles. The van der Waals surface area contributed by atoms with Gasteiger partial charge in [0.1, 0.15) is 15.6 Å². The molecule has 0 saturated carbocycles. The molecule has 0 aromatic heterocycles. The Morgan fingerprint density at radius 1 is 1.12 bits per heavy atom. The SMILES string of the molecule is CC(C)(C)N=[N+]([O-])c1c(Cl)cc(Cl)cc1Cl. The highest BCUT2D eigenvalue weighted by molar-refractivity contribution is 6.40. The van der Waals surface area contributed by atoms with Gasteiger partial charge in [-0.25, -0.2) is 0 Å². The Balaban J connectivity index is 3.29. The second kappa shape index (κ2) is 4.78. The van der Waals surface area contributed by atoms with Gasteiger partial charge >= 0.3 is 0 Å². The van der Waals surface area contributed by atoms with Crippen LogP contribution in [0.15, 0.2) is 17.2 Å². The quantitative estimate of drug-likeness (QED) is 0.404. The van der Waals surface area contributed by atoms with E-state index in [1.54, 1.807) is 20.8 Å². The van der Waals surface area contributed by atoms with Crippen molar-refractivity contribution in [1.82, 2.24) is 0 Å². The van der Waals surface area contributed by atoms with Crippen molar-refractivity contribution in [2.45, 2.75) is 26.3 Å². The van der Waals surface area contributed by atoms with Crippen LogP contribution >= 0.6 is 34.8 Å². The molecule has 6 heteroatoms. The van der Waals surface area contributed by atoms with E-state index in [-0.39, 0.29) is 15.7 Å². The second-order valence-electron chi connectivity index (χ2n) is 4.26. The molecule has 0 heterocycles. The molecule has 0 atom stereocenters. The van der Waals surface area contributed by atoms with E-state index in [1.165, 1.54) is 12.1 Å². The summed E-state index contributed by atoms with van der Waals surface area (Å²) in [7, 11) is 0. The third kappa shape index (κ3) is 3.51. The third-order valence-electron chi connectivity index (χ3n) is 1.56. The lowest BCUT2D eigenvalue weighted by Crippen LogP contribution is -2.13. The molecule has 3 nitrogen and oxygen atoms in total. The van der Waals surface area contributed by atoms with Crippen LogP contribution in [0.5, 0.6) is 0 Å². The molecule has 0 radical (unpaired) electrons. The van der Waals surface area contributed by atoms with Crippen LogP contribution in [0.25, 0.3) is 0 Å². The smallest absolute Gasteiger partial charge is 0.281 e. The molecule has 1 aromatic carbocycles. The predicted molar refractivity (Wildman–Crippen MR) is 66.9 cm³/mol. The van der Waals surface area contributed by atoms with Gasteiger partial charge in [0.2, 0.25) is 0 Å². The van der Waals surface area contributed by atoms with Gasteiger partial charge in [0, 0.05) is 5.02 Å². The van der Waals surface area contributed by atoms with E-state index in [0.29, 0.717) is 9.88 Å². The van der Waals surface area contributed by atoms with Crippen molar-refractivity contribution in [3.63, 3.8) is 0 Å². The van der Waals surface area contributed by atoms with E-state index in [9.17, 15) is 5.21 Å². The minimum atomic E-state index is -0.506. The lowest BCUT2D eigenvalue weighted by atomic mass is 10.1. The fraction of sp³-hybridized carbons (Fsp3) is 0.400. The summed E-state index contributed by atoms with van der Waals surface area (Å²) in [4.78, 5) is 0.432. The zero-order valence-electron chi connectivity index (χ0n) is 9.09. The zero-order valence-corrected chi connectivity index (χ0v) is 11.4. The average Bonchev–Trinajstić information content (AvgIpc) is 1.96. The molecule has 0 aliphatic rings. The lowest BCUT2D eigenvalue weighted by molar-refractivity contribution is -0.449. The average molecular weight is 282 g/mol. The van der Waals surface area contributed by atoms with Gasteiger partial charge in [-0.2, -0.15) is 0 Å². The summed E-state index contributed by atoms with van der Waals surface area (Å²) in [5.41, 5.74) is -0.392. The number of hydrogen-bond donors (Lipinski definition) is 0. The molecular formula is C10H11Cl3N2O. The first-order valence-electron chi connectivity index (χ1n) is 4.55. The number of rotatable bonds is 1. The number of azo groups is 1. The molecule has 88 valence electrons. The van der Waals surface area contributed by atoms with Crippen LogP contribution in [-0.2, 0) is 0 Å². The third-order valence-corrected chi connectivity index (χ3v) is 2.36. The molecule has 0 aliphatic carbocycles. The van der Waals surface area contributed by atoms with Crippen molar-refractivity contribution in [1.29, 1.82) is 0 Å². The largest absolute Gasteiger partial charge is 0.594 e. The van der Waals surface area contributed by atoms with Crippen LogP contribution in [0.3, 0.4) is 0 Å². The molecule has 1 aromatic rings. The Kier molecular flexibility index (Phi) is 4.05. The summed E-state index contributed by atoms with van der Waals surface area (Å²) in [6, 6.07) is 2.90. The molecule has 0 amide bonds. The summed E-state index contributed by atoms with van der Waals surface area (Å²) >= 11 is 17.5. The molecule has 16 heavy (non-hydrogen) atoms. The van der Waals surface area contributed by atoms with E-state index in [4.69, 9.17) is 34.8 Å². The minimum Gasteiger partial charge on any atom is -0.594 e. The second-order valence-corrected chi connectivity index (χ2v) is 5.51. The van der Waals surface area contributed by atoms with E-state index in [0.717, 1.165) is 0 Å². The van der Waals surface area contributed by atoms with Crippen LogP contribution in [0, 0.1) is 5.21 Å². The van der Waals surface area contributed by atoms with E-state index >= 15 is 0 Å². The Hall–Kier alpha value is -0.510. The highest BCUT2D eigenvalue weighted by Gasteiger charge is 2.20. The summed E-state index contributed by atoms with van der Waals surface area (Å²) in [5, 5.41) is 16.4. The number of hydrogen-bond acceptors (Lipinski definition) is 2. The van der Waals surface area contributed by atoms with Gasteiger partial charge in [0.15, 0.2) is 0 Å². The highest BCUT2D eigenvalue weighted by Crippen LogP contribution is 2.36. The van der Waals surface area contributed by atoms with Gasteiger partial charge in [-0.15, -0.1) is 0 Å². The summed E-state index contributed by atoms with van der Waals surface area (Å²) < 4.78 is 0. The van der Waals surface area contributed by atoms with Gasteiger partial charge in [-0.05, 0) is 38.0 Å². The van der Waals surface area contributed by atoms with Crippen molar-refractivity contribution in [3.8, 4) is 0 Å². The summed E-state index contributed by atoms with van der Waals surface area (Å²) in [5.74, 6) is 0. The van der Waals surface area contributed by atoms with Crippen molar-refractivity contribution >= 4 is 40.5 Å². The van der Waals surface area contributed by atoms with Crippen molar-refractivity contribution < 1.29 is 4.86 Å². The first-order chi connectivity index (χ1) is 7.20. The van der Waals surface area contributed by atoms with Gasteiger partial charge in [0.05, 0.1) is 0 Å². The first kappa shape index (κ1) is 13.6. The van der Waals surface area contributed by atoms with Crippen molar-refractivity contribution in [2.75, 3.05) is 0 Å². The van der Waals surface area contributed by atoms with Crippen molar-refractivity contribution in [3.05, 3.63) is 32.4 Å². The topological polar surface area (TPSA) is 38.4 Å². The number of benzene rings is 1. The van der Waals surface area contributed by atoms with Gasteiger partial charge in [0.25, 0.3) is 5.69 Å². The Labute approximate surface area is 109 Å². The monoisotopic (exact) mass is 280 g/mol. The molecule has 1 rings (SSSR count). The minimum absolute atomic E-state index is 0.114. The molecule has 0 spiro atoms. The lowest BCUT2D eigenvalue weighted by Gasteiger charge is -2.11. The van der Waals surface area contributed by atoms with Crippen LogP contribution in [0.1, 0.15) is 20.8 Å². The van der Waals surface area contributed by atoms with E-state index in [2.05, 4.69) is 5.11 Å². The molecule has 0 fully saturated rings. The zero-order chi connectivity index (χ0) is 12.5. The first-order valence-corrected chi connectivity index (χ1v) is 5.69. The predicted octanol–water partition coefficient (Wildman–Crippen LogP) is 5.04. The number of nitrogens with zero attached hydrogens (tertiary/aromatic N) is 2. The van der Waals surface area contributed by atoms with Crippen molar-refractivity contribution in [2.24, 2.45) is 5.11 Å². The number of halogens is 3. The fourth-order valence-electron chi connectivity index (χ4n) is 1.04. The summed E-state index contributed by atoms with van der Waals surface area (Å²) in [6.07, 6.45) is 0. The molecule has 0 unspecified atom stereocenters. The molecule has 0 N–H and O–H groups in total. The molecular weight excluding hydrogens is 270 g/mol. The normalized spacial score (nSPS) is 13.0. The Bertz CT molecular complexity index is 415. The van der Waals surface area contributed by atoms with E-state index in [1.807, 2.05) is 0 Å². The fourth-order valence-corrected chi connectivity index (χ4v) is 2.00. The molecule has 0 bridgehead atoms. The Morgan fingerprint density at radius 3 is 1.94 bits per heavy atom. The maximum Gasteiger partial charge on any atom is 0.281 e. The Morgan fingerprint density at radius 2 is 1.56 bits per heavy atom. The van der Waals surface area contributed by atoms with Crippen LogP contribution < -0.4 is 0 Å². The van der Waals surface area contributed by atoms with E-state index < -0.39 is 5.54 Å².